The van der Waals surface area contributed by atoms with E-state index in [2.05, 4.69) is 0 Å². The van der Waals surface area contributed by atoms with Crippen LogP contribution in [0.2, 0.25) is 0 Å². The molecule has 6 nitrogen and oxygen atoms in total. The normalized spacial score (nSPS) is 11.6. The zero-order chi connectivity index (χ0) is 21.6. The molecule has 0 aromatic heterocycles. The van der Waals surface area contributed by atoms with E-state index < -0.39 is 9.52 Å². The molecule has 0 spiro atoms. The van der Waals surface area contributed by atoms with Gasteiger partial charge in [-0.2, -0.15) is 0 Å². The van der Waals surface area contributed by atoms with Crippen LogP contribution in [-0.2, 0) is 9.52 Å². The molecule has 0 aliphatic heterocycles. The van der Waals surface area contributed by atoms with Crippen molar-refractivity contribution >= 4 is 26.2 Å². The SMILES string of the molecule is COc1cc(OC)cc(/C(C=S(C)(C)=O)=C/C(=O)c2ccc(OC)c(OC)c2)c1. The first-order valence-electron chi connectivity index (χ1n) is 8.71. The van der Waals surface area contributed by atoms with Crippen LogP contribution in [0.5, 0.6) is 23.0 Å². The van der Waals surface area contributed by atoms with E-state index in [0.29, 0.717) is 39.7 Å². The Morgan fingerprint density at radius 2 is 1.38 bits per heavy atom. The van der Waals surface area contributed by atoms with Crippen LogP contribution in [0.3, 0.4) is 0 Å². The molecule has 156 valence electrons. The minimum absolute atomic E-state index is 0.261. The van der Waals surface area contributed by atoms with Crippen molar-refractivity contribution in [2.45, 2.75) is 0 Å². The van der Waals surface area contributed by atoms with Gasteiger partial charge >= 0.3 is 0 Å². The Morgan fingerprint density at radius 3 is 1.86 bits per heavy atom. The van der Waals surface area contributed by atoms with Crippen molar-refractivity contribution in [2.24, 2.45) is 0 Å². The summed E-state index contributed by atoms with van der Waals surface area (Å²) in [5.41, 5.74) is 1.59. The average molecular weight is 419 g/mol. The summed E-state index contributed by atoms with van der Waals surface area (Å²) in [6, 6.07) is 10.2. The molecular weight excluding hydrogens is 392 g/mol. The summed E-state index contributed by atoms with van der Waals surface area (Å²) in [7, 11) is 3.84. The standard InChI is InChI=1S/C22H26O6S/c1-25-18-9-16(10-19(13-18)26-2)17(14-29(5,6)24)11-20(23)15-7-8-21(27-3)22(12-15)28-4/h7-14H,1-6H3/b17-11+. The number of carbonyl (C=O) groups is 1. The molecule has 0 N–H and O–H groups in total. The number of ether oxygens (including phenoxy) is 4. The predicted molar refractivity (Wildman–Crippen MR) is 117 cm³/mol. The molecule has 0 radical (unpaired) electrons. The Kier molecular flexibility index (Phi) is 7.34. The topological polar surface area (TPSA) is 71.1 Å². The molecule has 0 fully saturated rings. The van der Waals surface area contributed by atoms with Gasteiger partial charge in [0.1, 0.15) is 11.5 Å². The highest BCUT2D eigenvalue weighted by molar-refractivity contribution is 8.00. The van der Waals surface area contributed by atoms with Gasteiger partial charge in [0.05, 0.1) is 28.4 Å². The van der Waals surface area contributed by atoms with Crippen molar-refractivity contribution in [2.75, 3.05) is 41.0 Å². The third kappa shape index (κ3) is 6.02. The molecule has 0 unspecified atom stereocenters. The fourth-order valence-electron chi connectivity index (χ4n) is 2.68. The summed E-state index contributed by atoms with van der Waals surface area (Å²) in [4.78, 5) is 12.9. The second kappa shape index (κ2) is 9.52. The van der Waals surface area contributed by atoms with E-state index >= 15 is 0 Å². The van der Waals surface area contributed by atoms with Gasteiger partial charge in [0.15, 0.2) is 17.3 Å². The quantitative estimate of drug-likeness (QED) is 0.372. The summed E-state index contributed by atoms with van der Waals surface area (Å²) in [6.07, 6.45) is 4.67. The number of hydrogen-bond donors (Lipinski definition) is 0. The largest absolute Gasteiger partial charge is 0.497 e. The van der Waals surface area contributed by atoms with E-state index in [1.807, 2.05) is 0 Å². The summed E-state index contributed by atoms with van der Waals surface area (Å²) in [5, 5.41) is 1.58. The second-order valence-electron chi connectivity index (χ2n) is 6.56. The molecule has 0 saturated carbocycles. The third-order valence-electron chi connectivity index (χ3n) is 4.05. The zero-order valence-corrected chi connectivity index (χ0v) is 18.3. The van der Waals surface area contributed by atoms with Gasteiger partial charge in [0, 0.05) is 24.1 Å². The number of hydrogen-bond acceptors (Lipinski definition) is 6. The number of benzene rings is 2. The lowest BCUT2D eigenvalue weighted by atomic mass is 10.0. The van der Waals surface area contributed by atoms with Crippen molar-refractivity contribution in [1.29, 1.82) is 0 Å². The van der Waals surface area contributed by atoms with E-state index in [1.54, 1.807) is 68.5 Å². The van der Waals surface area contributed by atoms with Gasteiger partial charge in [-0.05, 0) is 62.4 Å². The zero-order valence-electron chi connectivity index (χ0n) is 17.5. The smallest absolute Gasteiger partial charge is 0.186 e. The Morgan fingerprint density at radius 1 is 0.793 bits per heavy atom. The van der Waals surface area contributed by atoms with Gasteiger partial charge in [-0.25, -0.2) is 0 Å². The van der Waals surface area contributed by atoms with Crippen LogP contribution in [0.1, 0.15) is 15.9 Å². The minimum Gasteiger partial charge on any atom is -0.497 e. The summed E-state index contributed by atoms with van der Waals surface area (Å²) in [5.74, 6) is 1.85. The Hall–Kier alpha value is -2.93. The maximum absolute atomic E-state index is 12.9. The van der Waals surface area contributed by atoms with Crippen LogP contribution in [0.25, 0.3) is 5.57 Å². The van der Waals surface area contributed by atoms with E-state index in [4.69, 9.17) is 18.9 Å². The molecule has 0 heterocycles. The summed E-state index contributed by atoms with van der Waals surface area (Å²) >= 11 is 0. The number of allylic oxidation sites excluding steroid dienone is 2. The first kappa shape index (κ1) is 22.4. The molecule has 0 amide bonds. The fourth-order valence-corrected chi connectivity index (χ4v) is 3.49. The highest BCUT2D eigenvalue weighted by atomic mass is 32.2. The third-order valence-corrected chi connectivity index (χ3v) is 4.87. The molecule has 2 aromatic carbocycles. The average Bonchev–Trinajstić information content (AvgIpc) is 2.71. The Bertz CT molecular complexity index is 1020. The highest BCUT2D eigenvalue weighted by Gasteiger charge is 2.13. The van der Waals surface area contributed by atoms with Crippen LogP contribution in [-0.4, -0.2) is 56.3 Å². The molecule has 2 aromatic rings. The molecule has 0 aliphatic rings. The van der Waals surface area contributed by atoms with Gasteiger partial charge in [-0.1, -0.05) is 0 Å². The molecule has 0 saturated heterocycles. The maximum atomic E-state index is 12.9. The van der Waals surface area contributed by atoms with Crippen molar-refractivity contribution in [3.8, 4) is 23.0 Å². The molecule has 2 rings (SSSR count). The fraction of sp³-hybridized carbons (Fsp3) is 0.273. The Balaban J connectivity index is 2.61. The molecule has 29 heavy (non-hydrogen) atoms. The summed E-state index contributed by atoms with van der Waals surface area (Å²) < 4.78 is 33.6. The van der Waals surface area contributed by atoms with Crippen LogP contribution in [0, 0.1) is 0 Å². The van der Waals surface area contributed by atoms with Gasteiger partial charge in [0.2, 0.25) is 0 Å². The molecule has 0 bridgehead atoms. The number of carbonyl (C=O) groups excluding carboxylic acids is 1. The van der Waals surface area contributed by atoms with Gasteiger partial charge in [0.25, 0.3) is 0 Å². The number of rotatable bonds is 8. The van der Waals surface area contributed by atoms with Crippen LogP contribution < -0.4 is 18.9 Å². The summed E-state index contributed by atoms with van der Waals surface area (Å²) in [6.45, 7) is 0. The maximum Gasteiger partial charge on any atom is 0.186 e. The number of ketones is 1. The highest BCUT2D eigenvalue weighted by Crippen LogP contribution is 2.29. The lowest BCUT2D eigenvalue weighted by Gasteiger charge is -2.11. The molecular formula is C22H26O6S. The first-order valence-corrected chi connectivity index (χ1v) is 11.1. The minimum atomic E-state index is -2.28. The molecule has 7 heteroatoms. The lowest BCUT2D eigenvalue weighted by molar-refractivity contribution is 0.104. The van der Waals surface area contributed by atoms with Gasteiger partial charge in [-0.15, -0.1) is 0 Å². The van der Waals surface area contributed by atoms with Gasteiger partial charge in [-0.3, -0.25) is 9.00 Å². The monoisotopic (exact) mass is 418 g/mol. The van der Waals surface area contributed by atoms with Crippen LogP contribution in [0.4, 0.5) is 0 Å². The van der Waals surface area contributed by atoms with E-state index in [0.717, 1.165) is 0 Å². The van der Waals surface area contributed by atoms with Crippen molar-refractivity contribution in [1.82, 2.24) is 0 Å². The van der Waals surface area contributed by atoms with Crippen LogP contribution >= 0.6 is 0 Å². The molecule has 0 aliphatic carbocycles. The first-order chi connectivity index (χ1) is 13.7. The Labute approximate surface area is 172 Å². The van der Waals surface area contributed by atoms with Gasteiger partial charge < -0.3 is 18.9 Å². The number of methoxy groups -OCH3 is 4. The van der Waals surface area contributed by atoms with E-state index in [9.17, 15) is 9.00 Å². The molecule has 0 atom stereocenters. The second-order valence-corrected chi connectivity index (χ2v) is 9.42. The van der Waals surface area contributed by atoms with Crippen LogP contribution in [0.15, 0.2) is 42.5 Å². The van der Waals surface area contributed by atoms with Crippen molar-refractivity contribution in [3.63, 3.8) is 0 Å². The van der Waals surface area contributed by atoms with Crippen molar-refractivity contribution in [3.05, 3.63) is 53.6 Å². The van der Waals surface area contributed by atoms with Crippen molar-refractivity contribution < 1.29 is 28.0 Å². The predicted octanol–water partition coefficient (Wildman–Crippen LogP) is 3.33. The lowest BCUT2D eigenvalue weighted by Crippen LogP contribution is -2.04. The van der Waals surface area contributed by atoms with E-state index in [1.165, 1.54) is 20.3 Å². The van der Waals surface area contributed by atoms with E-state index in [-0.39, 0.29) is 5.78 Å².